The van der Waals surface area contributed by atoms with Gasteiger partial charge in [-0.05, 0) is 42.2 Å². The molecule has 0 spiro atoms. The normalized spacial score (nSPS) is 17.4. The smallest absolute Gasteiger partial charge is 0.206 e. The summed E-state index contributed by atoms with van der Waals surface area (Å²) in [6.07, 6.45) is 0.129. The number of hydrogen-bond donors (Lipinski definition) is 0. The number of benzene rings is 2. The molecule has 3 rings (SSSR count). The van der Waals surface area contributed by atoms with Crippen molar-refractivity contribution in [3.05, 3.63) is 53.6 Å². The Kier molecular flexibility index (Phi) is 4.64. The molecule has 1 aliphatic rings. The van der Waals surface area contributed by atoms with Crippen LogP contribution < -0.4 is 4.74 Å². The minimum atomic E-state index is -3.59. The topological polar surface area (TPSA) is 55.9 Å². The highest BCUT2D eigenvalue weighted by Gasteiger charge is 2.25. The fourth-order valence-corrected chi connectivity index (χ4v) is 4.16. The van der Waals surface area contributed by atoms with Gasteiger partial charge in [-0.2, -0.15) is 0 Å². The van der Waals surface area contributed by atoms with Gasteiger partial charge in [0.2, 0.25) is 9.84 Å². The fourth-order valence-electron chi connectivity index (χ4n) is 2.65. The van der Waals surface area contributed by atoms with Crippen LogP contribution >= 0.6 is 0 Å². The molecule has 4 nitrogen and oxygen atoms in total. The predicted octanol–water partition coefficient (Wildman–Crippen LogP) is 3.90. The van der Waals surface area contributed by atoms with E-state index in [0.717, 1.165) is 5.56 Å². The van der Waals surface area contributed by atoms with Crippen LogP contribution in [0.5, 0.6) is 5.75 Å². The average Bonchev–Trinajstić information content (AvgIpc) is 3.37. The van der Waals surface area contributed by atoms with Crippen LogP contribution in [0.1, 0.15) is 31.9 Å². The molecular formula is C20H24O4S. The van der Waals surface area contributed by atoms with Crippen molar-refractivity contribution in [1.29, 1.82) is 0 Å². The second-order valence-corrected chi connectivity index (χ2v) is 9.34. The Morgan fingerprint density at radius 3 is 2.32 bits per heavy atom. The van der Waals surface area contributed by atoms with Crippen molar-refractivity contribution >= 4 is 9.84 Å². The van der Waals surface area contributed by atoms with E-state index >= 15 is 0 Å². The SMILES string of the molecule is Cc1c(OCC2CO2)cccc1S(=O)(=O)c1ccc(C(C)(C)C)cc1. The summed E-state index contributed by atoms with van der Waals surface area (Å²) >= 11 is 0. The van der Waals surface area contributed by atoms with Crippen LogP contribution in [-0.4, -0.2) is 27.7 Å². The lowest BCUT2D eigenvalue weighted by Gasteiger charge is -2.19. The molecule has 1 atom stereocenters. The zero-order chi connectivity index (χ0) is 18.2. The molecule has 1 saturated heterocycles. The average molecular weight is 360 g/mol. The number of rotatable bonds is 5. The van der Waals surface area contributed by atoms with Gasteiger partial charge in [-0.15, -0.1) is 0 Å². The van der Waals surface area contributed by atoms with Gasteiger partial charge in [0.15, 0.2) is 0 Å². The van der Waals surface area contributed by atoms with E-state index in [-0.39, 0.29) is 16.4 Å². The van der Waals surface area contributed by atoms with Gasteiger partial charge in [-0.3, -0.25) is 0 Å². The van der Waals surface area contributed by atoms with Crippen molar-refractivity contribution < 1.29 is 17.9 Å². The Hall–Kier alpha value is -1.85. The van der Waals surface area contributed by atoms with Gasteiger partial charge in [-0.1, -0.05) is 39.0 Å². The molecule has 1 aliphatic heterocycles. The minimum absolute atomic E-state index is 0.0170. The van der Waals surface area contributed by atoms with E-state index in [0.29, 0.717) is 29.4 Å². The first-order valence-corrected chi connectivity index (χ1v) is 9.87. The van der Waals surface area contributed by atoms with Crippen LogP contribution in [0.2, 0.25) is 0 Å². The van der Waals surface area contributed by atoms with Gasteiger partial charge < -0.3 is 9.47 Å². The Labute approximate surface area is 149 Å². The van der Waals surface area contributed by atoms with Gasteiger partial charge in [0.25, 0.3) is 0 Å². The minimum Gasteiger partial charge on any atom is -0.490 e. The van der Waals surface area contributed by atoms with Crippen LogP contribution in [0.15, 0.2) is 52.3 Å². The first-order chi connectivity index (χ1) is 11.7. The lowest BCUT2D eigenvalue weighted by Crippen LogP contribution is -2.12. The lowest BCUT2D eigenvalue weighted by atomic mass is 9.87. The molecular weight excluding hydrogens is 336 g/mol. The first kappa shape index (κ1) is 18.0. The zero-order valence-electron chi connectivity index (χ0n) is 15.1. The van der Waals surface area contributed by atoms with Gasteiger partial charge in [-0.25, -0.2) is 8.42 Å². The van der Waals surface area contributed by atoms with Crippen LogP contribution in [-0.2, 0) is 20.0 Å². The molecule has 0 N–H and O–H groups in total. The van der Waals surface area contributed by atoms with Crippen molar-refractivity contribution in [2.24, 2.45) is 0 Å². The molecule has 0 aromatic heterocycles. The first-order valence-electron chi connectivity index (χ1n) is 8.39. The summed E-state index contributed by atoms with van der Waals surface area (Å²) in [4.78, 5) is 0.580. The van der Waals surface area contributed by atoms with Gasteiger partial charge in [0.05, 0.1) is 16.4 Å². The summed E-state index contributed by atoms with van der Waals surface area (Å²) in [6.45, 7) is 9.24. The Morgan fingerprint density at radius 2 is 1.76 bits per heavy atom. The van der Waals surface area contributed by atoms with Crippen molar-refractivity contribution in [3.8, 4) is 5.75 Å². The van der Waals surface area contributed by atoms with Crippen molar-refractivity contribution in [3.63, 3.8) is 0 Å². The van der Waals surface area contributed by atoms with E-state index in [9.17, 15) is 8.42 Å². The quantitative estimate of drug-likeness (QED) is 0.759. The number of hydrogen-bond acceptors (Lipinski definition) is 4. The molecule has 0 amide bonds. The van der Waals surface area contributed by atoms with Crippen molar-refractivity contribution in [1.82, 2.24) is 0 Å². The maximum Gasteiger partial charge on any atom is 0.206 e. The summed E-state index contributed by atoms with van der Waals surface area (Å²) in [6, 6.07) is 12.3. The molecule has 2 aromatic carbocycles. The van der Waals surface area contributed by atoms with E-state index in [4.69, 9.17) is 9.47 Å². The van der Waals surface area contributed by atoms with Gasteiger partial charge in [0, 0.05) is 5.56 Å². The largest absolute Gasteiger partial charge is 0.490 e. The van der Waals surface area contributed by atoms with Crippen molar-refractivity contribution in [2.45, 2.75) is 49.0 Å². The zero-order valence-corrected chi connectivity index (χ0v) is 15.9. The maximum absolute atomic E-state index is 13.0. The highest BCUT2D eigenvalue weighted by molar-refractivity contribution is 7.91. The van der Waals surface area contributed by atoms with E-state index in [1.807, 2.05) is 12.1 Å². The summed E-state index contributed by atoms with van der Waals surface area (Å²) in [5.41, 5.74) is 1.71. The maximum atomic E-state index is 13.0. The second kappa shape index (κ2) is 6.46. The molecule has 0 saturated carbocycles. The molecule has 0 radical (unpaired) electrons. The van der Waals surface area contributed by atoms with E-state index < -0.39 is 9.84 Å². The van der Waals surface area contributed by atoms with E-state index in [1.165, 1.54) is 0 Å². The van der Waals surface area contributed by atoms with Gasteiger partial charge >= 0.3 is 0 Å². The standard InChI is InChI=1S/C20H24O4S/c1-14-18(24-13-16-12-23-16)6-5-7-19(14)25(21,22)17-10-8-15(9-11-17)20(2,3)4/h5-11,16H,12-13H2,1-4H3. The van der Waals surface area contributed by atoms with Crippen molar-refractivity contribution in [2.75, 3.05) is 13.2 Å². The predicted molar refractivity (Wildman–Crippen MR) is 97.0 cm³/mol. The molecule has 1 fully saturated rings. The monoisotopic (exact) mass is 360 g/mol. The second-order valence-electron chi connectivity index (χ2n) is 7.42. The van der Waals surface area contributed by atoms with Crippen LogP contribution in [0, 0.1) is 6.92 Å². The molecule has 25 heavy (non-hydrogen) atoms. The molecule has 2 aromatic rings. The molecule has 5 heteroatoms. The Bertz CT molecular complexity index is 858. The van der Waals surface area contributed by atoms with Crippen LogP contribution in [0.4, 0.5) is 0 Å². The third-order valence-electron chi connectivity index (χ3n) is 4.38. The fraction of sp³-hybridized carbons (Fsp3) is 0.400. The van der Waals surface area contributed by atoms with Crippen LogP contribution in [0.25, 0.3) is 0 Å². The van der Waals surface area contributed by atoms with E-state index in [1.54, 1.807) is 37.3 Å². The summed E-state index contributed by atoms with van der Waals surface area (Å²) in [5.74, 6) is 0.586. The Balaban J connectivity index is 1.92. The Morgan fingerprint density at radius 1 is 1.12 bits per heavy atom. The summed E-state index contributed by atoms with van der Waals surface area (Å²) in [7, 11) is -3.59. The molecule has 0 bridgehead atoms. The molecule has 1 unspecified atom stereocenters. The highest BCUT2D eigenvalue weighted by atomic mass is 32.2. The summed E-state index contributed by atoms with van der Waals surface area (Å²) < 4.78 is 36.9. The van der Waals surface area contributed by atoms with Gasteiger partial charge in [0.1, 0.15) is 18.5 Å². The molecule has 0 aliphatic carbocycles. The molecule has 1 heterocycles. The van der Waals surface area contributed by atoms with E-state index in [2.05, 4.69) is 20.8 Å². The third kappa shape index (κ3) is 3.88. The number of sulfone groups is 1. The highest BCUT2D eigenvalue weighted by Crippen LogP contribution is 2.31. The van der Waals surface area contributed by atoms with Crippen LogP contribution in [0.3, 0.4) is 0 Å². The number of epoxide rings is 1. The molecule has 134 valence electrons. The third-order valence-corrected chi connectivity index (χ3v) is 6.30. The lowest BCUT2D eigenvalue weighted by molar-refractivity contribution is 0.261. The number of ether oxygens (including phenoxy) is 2. The summed E-state index contributed by atoms with van der Waals surface area (Å²) in [5, 5.41) is 0.